The fourth-order valence-electron chi connectivity index (χ4n) is 0.996. The summed E-state index contributed by atoms with van der Waals surface area (Å²) < 4.78 is 6.34. The molecule has 1 heterocycles. The molecule has 0 bridgehead atoms. The molecule has 4 nitrogen and oxygen atoms in total. The van der Waals surface area contributed by atoms with Crippen LogP contribution >= 0.6 is 11.6 Å². The van der Waals surface area contributed by atoms with Gasteiger partial charge in [-0.25, -0.2) is 4.79 Å². The van der Waals surface area contributed by atoms with E-state index in [1.807, 2.05) is 6.92 Å². The number of rotatable bonds is 3. The lowest BCUT2D eigenvalue weighted by atomic mass is 10.4. The monoisotopic (exact) mass is 202 g/mol. The molecule has 0 saturated heterocycles. The first-order valence-electron chi connectivity index (χ1n) is 4.09. The van der Waals surface area contributed by atoms with Gasteiger partial charge in [0.15, 0.2) is 5.15 Å². The molecule has 0 spiro atoms. The van der Waals surface area contributed by atoms with Gasteiger partial charge in [0.05, 0.1) is 6.61 Å². The maximum atomic E-state index is 11.3. The van der Waals surface area contributed by atoms with Crippen LogP contribution in [0.3, 0.4) is 0 Å². The average Bonchev–Trinajstić information content (AvgIpc) is 2.47. The fraction of sp³-hybridized carbons (Fsp3) is 0.500. The van der Waals surface area contributed by atoms with Gasteiger partial charge in [-0.15, -0.1) is 0 Å². The molecule has 0 aromatic carbocycles. The van der Waals surface area contributed by atoms with Gasteiger partial charge in [0.2, 0.25) is 0 Å². The van der Waals surface area contributed by atoms with Crippen molar-refractivity contribution in [3.8, 4) is 0 Å². The number of esters is 1. The summed E-state index contributed by atoms with van der Waals surface area (Å²) in [5.41, 5.74) is 0.398. The van der Waals surface area contributed by atoms with E-state index < -0.39 is 0 Å². The molecule has 5 heteroatoms. The zero-order valence-corrected chi connectivity index (χ0v) is 8.34. The second kappa shape index (κ2) is 4.28. The third kappa shape index (κ3) is 2.21. The Morgan fingerprint density at radius 1 is 1.69 bits per heavy atom. The summed E-state index contributed by atoms with van der Waals surface area (Å²) in [7, 11) is 0. The van der Waals surface area contributed by atoms with Gasteiger partial charge >= 0.3 is 5.97 Å². The largest absolute Gasteiger partial charge is 0.461 e. The van der Waals surface area contributed by atoms with Crippen LogP contribution in [-0.2, 0) is 11.3 Å². The van der Waals surface area contributed by atoms with Crippen molar-refractivity contribution in [1.29, 1.82) is 0 Å². The van der Waals surface area contributed by atoms with Crippen LogP contribution in [0.4, 0.5) is 0 Å². The Labute approximate surface area is 81.4 Å². The van der Waals surface area contributed by atoms with Gasteiger partial charge in [-0.3, -0.25) is 4.68 Å². The Bertz CT molecular complexity index is 309. The minimum absolute atomic E-state index is 0.310. The highest BCUT2D eigenvalue weighted by atomic mass is 35.5. The second-order valence-electron chi connectivity index (χ2n) is 2.39. The van der Waals surface area contributed by atoms with E-state index >= 15 is 0 Å². The molecule has 0 saturated carbocycles. The van der Waals surface area contributed by atoms with Crippen LogP contribution in [0.1, 0.15) is 24.3 Å². The molecule has 1 rings (SSSR count). The maximum absolute atomic E-state index is 11.3. The molecule has 0 amide bonds. The van der Waals surface area contributed by atoms with E-state index in [0.717, 1.165) is 0 Å². The van der Waals surface area contributed by atoms with Crippen LogP contribution < -0.4 is 0 Å². The second-order valence-corrected chi connectivity index (χ2v) is 2.78. The third-order valence-corrected chi connectivity index (χ3v) is 1.72. The molecular formula is C8H11ClN2O2. The van der Waals surface area contributed by atoms with Gasteiger partial charge in [-0.2, -0.15) is 5.10 Å². The van der Waals surface area contributed by atoms with Crippen molar-refractivity contribution in [1.82, 2.24) is 9.78 Å². The number of halogens is 1. The maximum Gasteiger partial charge on any atom is 0.356 e. The summed E-state index contributed by atoms with van der Waals surface area (Å²) in [6, 6.07) is 1.50. The Kier molecular flexibility index (Phi) is 3.31. The lowest BCUT2D eigenvalue weighted by molar-refractivity contribution is 0.0512. The van der Waals surface area contributed by atoms with Gasteiger partial charge in [0.25, 0.3) is 0 Å². The minimum atomic E-state index is -0.385. The molecular weight excluding hydrogens is 192 g/mol. The average molecular weight is 203 g/mol. The Morgan fingerprint density at radius 2 is 2.38 bits per heavy atom. The Hall–Kier alpha value is -1.03. The van der Waals surface area contributed by atoms with Gasteiger partial charge in [-0.05, 0) is 13.8 Å². The van der Waals surface area contributed by atoms with E-state index in [-0.39, 0.29) is 5.97 Å². The quantitative estimate of drug-likeness (QED) is 0.702. The van der Waals surface area contributed by atoms with Gasteiger partial charge in [0.1, 0.15) is 5.69 Å². The molecule has 0 atom stereocenters. The van der Waals surface area contributed by atoms with E-state index in [0.29, 0.717) is 24.0 Å². The summed E-state index contributed by atoms with van der Waals surface area (Å²) >= 11 is 5.65. The van der Waals surface area contributed by atoms with Crippen LogP contribution in [0.5, 0.6) is 0 Å². The number of hydrogen-bond acceptors (Lipinski definition) is 3. The van der Waals surface area contributed by atoms with Crippen molar-refractivity contribution in [2.45, 2.75) is 20.4 Å². The lowest BCUT2D eigenvalue weighted by Crippen LogP contribution is -2.12. The van der Waals surface area contributed by atoms with Gasteiger partial charge in [0, 0.05) is 12.6 Å². The van der Waals surface area contributed by atoms with Crippen molar-refractivity contribution < 1.29 is 9.53 Å². The van der Waals surface area contributed by atoms with E-state index in [1.54, 1.807) is 6.92 Å². The Balaban J connectivity index is 2.91. The molecule has 0 aliphatic carbocycles. The number of carbonyl (C=O) groups is 1. The Morgan fingerprint density at radius 3 is 2.92 bits per heavy atom. The smallest absolute Gasteiger partial charge is 0.356 e. The first-order chi connectivity index (χ1) is 6.19. The van der Waals surface area contributed by atoms with E-state index in [4.69, 9.17) is 16.3 Å². The molecule has 0 aliphatic heterocycles. The molecule has 1 aromatic heterocycles. The molecule has 0 unspecified atom stereocenters. The van der Waals surface area contributed by atoms with Crippen LogP contribution in [0.2, 0.25) is 5.15 Å². The lowest BCUT2D eigenvalue weighted by Gasteiger charge is -2.02. The summed E-state index contributed by atoms with van der Waals surface area (Å²) in [5, 5.41) is 4.22. The van der Waals surface area contributed by atoms with E-state index in [1.165, 1.54) is 10.7 Å². The van der Waals surface area contributed by atoms with Gasteiger partial charge < -0.3 is 4.74 Å². The first kappa shape index (κ1) is 10.1. The molecule has 72 valence electrons. The normalized spacial score (nSPS) is 10.1. The van der Waals surface area contributed by atoms with Crippen LogP contribution in [0.15, 0.2) is 6.07 Å². The predicted molar refractivity (Wildman–Crippen MR) is 48.9 cm³/mol. The standard InChI is InChI=1S/C8H11ClN2O2/c1-3-11-6(5-7(9)10-11)8(12)13-4-2/h5H,3-4H2,1-2H3. The van der Waals surface area contributed by atoms with E-state index in [2.05, 4.69) is 5.10 Å². The zero-order valence-electron chi connectivity index (χ0n) is 7.58. The predicted octanol–water partition coefficient (Wildman–Crippen LogP) is 1.73. The molecule has 0 fully saturated rings. The summed E-state index contributed by atoms with van der Waals surface area (Å²) in [5.74, 6) is -0.385. The van der Waals surface area contributed by atoms with Crippen LogP contribution in [-0.4, -0.2) is 22.4 Å². The topological polar surface area (TPSA) is 44.1 Å². The van der Waals surface area contributed by atoms with Crippen molar-refractivity contribution in [3.05, 3.63) is 16.9 Å². The van der Waals surface area contributed by atoms with Crippen LogP contribution in [0, 0.1) is 0 Å². The third-order valence-electron chi connectivity index (χ3n) is 1.53. The van der Waals surface area contributed by atoms with Crippen LogP contribution in [0.25, 0.3) is 0 Å². The highest BCUT2D eigenvalue weighted by Gasteiger charge is 2.14. The summed E-state index contributed by atoms with van der Waals surface area (Å²) in [4.78, 5) is 11.3. The number of ether oxygens (including phenoxy) is 1. The molecule has 13 heavy (non-hydrogen) atoms. The molecule has 0 aliphatic rings. The van der Waals surface area contributed by atoms with Crippen molar-refractivity contribution >= 4 is 17.6 Å². The molecule has 1 aromatic rings. The summed E-state index contributed by atoms with van der Waals surface area (Å²) in [6.45, 7) is 4.59. The summed E-state index contributed by atoms with van der Waals surface area (Å²) in [6.07, 6.45) is 0. The number of carbonyl (C=O) groups excluding carboxylic acids is 1. The molecule has 0 N–H and O–H groups in total. The number of hydrogen-bond donors (Lipinski definition) is 0. The minimum Gasteiger partial charge on any atom is -0.461 e. The highest BCUT2D eigenvalue weighted by Crippen LogP contribution is 2.10. The van der Waals surface area contributed by atoms with Crippen molar-refractivity contribution in [2.75, 3.05) is 6.61 Å². The van der Waals surface area contributed by atoms with Crippen molar-refractivity contribution in [2.24, 2.45) is 0 Å². The highest BCUT2D eigenvalue weighted by molar-refractivity contribution is 6.29. The van der Waals surface area contributed by atoms with Crippen molar-refractivity contribution in [3.63, 3.8) is 0 Å². The first-order valence-corrected chi connectivity index (χ1v) is 4.47. The van der Waals surface area contributed by atoms with E-state index in [9.17, 15) is 4.79 Å². The molecule has 0 radical (unpaired) electrons. The number of nitrogens with zero attached hydrogens (tertiary/aromatic N) is 2. The number of aromatic nitrogens is 2. The SMILES string of the molecule is CCOC(=O)c1cc(Cl)nn1CC. The number of aryl methyl sites for hydroxylation is 1. The fourth-order valence-corrected chi connectivity index (χ4v) is 1.19. The van der Waals surface area contributed by atoms with Gasteiger partial charge in [-0.1, -0.05) is 11.6 Å². The zero-order chi connectivity index (χ0) is 9.84.